The van der Waals surface area contributed by atoms with Gasteiger partial charge in [-0.05, 0) is 56.6 Å². The van der Waals surface area contributed by atoms with E-state index in [1.165, 1.54) is 51.0 Å². The molecular weight excluding hydrogens is 336 g/mol. The van der Waals surface area contributed by atoms with Gasteiger partial charge in [0, 0.05) is 0 Å². The largest absolute Gasteiger partial charge is 0.507 e. The van der Waals surface area contributed by atoms with E-state index < -0.39 is 5.97 Å². The summed E-state index contributed by atoms with van der Waals surface area (Å²) in [4.78, 5) is 11.2. The fraction of sp³-hybridized carbons (Fsp3) is 0.542. The SMILES string of the molecule is CCCCCC=CC/C=C\CCCCCCCc1cccc(O)c1C(=O)O. The molecular formula is C24H36O3. The Morgan fingerprint density at radius 1 is 0.889 bits per heavy atom. The van der Waals surface area contributed by atoms with Gasteiger partial charge in [-0.15, -0.1) is 0 Å². The lowest BCUT2D eigenvalue weighted by Crippen LogP contribution is -2.03. The molecule has 0 aromatic heterocycles. The van der Waals surface area contributed by atoms with E-state index in [-0.39, 0.29) is 11.3 Å². The smallest absolute Gasteiger partial charge is 0.339 e. The second-order valence-corrected chi connectivity index (χ2v) is 7.10. The number of carboxylic acid groups (broad SMARTS) is 1. The Balaban J connectivity index is 2.05. The number of aromatic carboxylic acids is 1. The molecule has 0 saturated carbocycles. The lowest BCUT2D eigenvalue weighted by atomic mass is 9.99. The lowest BCUT2D eigenvalue weighted by Gasteiger charge is -2.07. The van der Waals surface area contributed by atoms with Crippen LogP contribution in [-0.4, -0.2) is 16.2 Å². The van der Waals surface area contributed by atoms with Crippen LogP contribution in [0.5, 0.6) is 5.75 Å². The van der Waals surface area contributed by atoms with Gasteiger partial charge in [-0.25, -0.2) is 4.79 Å². The van der Waals surface area contributed by atoms with Gasteiger partial charge in [-0.2, -0.15) is 0 Å². The van der Waals surface area contributed by atoms with Gasteiger partial charge in [0.25, 0.3) is 0 Å². The fourth-order valence-corrected chi connectivity index (χ4v) is 3.17. The minimum atomic E-state index is -1.05. The Morgan fingerprint density at radius 3 is 2.19 bits per heavy atom. The first-order valence-corrected chi connectivity index (χ1v) is 10.5. The van der Waals surface area contributed by atoms with Crippen molar-refractivity contribution in [3.8, 4) is 5.75 Å². The third-order valence-electron chi connectivity index (χ3n) is 4.74. The highest BCUT2D eigenvalue weighted by molar-refractivity contribution is 5.92. The van der Waals surface area contributed by atoms with Crippen molar-refractivity contribution in [3.63, 3.8) is 0 Å². The van der Waals surface area contributed by atoms with Gasteiger partial charge < -0.3 is 10.2 Å². The Labute approximate surface area is 164 Å². The third-order valence-corrected chi connectivity index (χ3v) is 4.74. The van der Waals surface area contributed by atoms with Crippen molar-refractivity contribution in [2.75, 3.05) is 0 Å². The van der Waals surface area contributed by atoms with Crippen LogP contribution < -0.4 is 0 Å². The van der Waals surface area contributed by atoms with E-state index in [9.17, 15) is 15.0 Å². The van der Waals surface area contributed by atoms with Gasteiger partial charge in [-0.1, -0.05) is 75.5 Å². The number of unbranched alkanes of at least 4 members (excludes halogenated alkanes) is 8. The summed E-state index contributed by atoms with van der Waals surface area (Å²) in [5, 5.41) is 18.9. The van der Waals surface area contributed by atoms with E-state index in [0.717, 1.165) is 31.2 Å². The van der Waals surface area contributed by atoms with E-state index >= 15 is 0 Å². The molecule has 0 aliphatic rings. The molecule has 150 valence electrons. The molecule has 0 aliphatic heterocycles. The number of benzene rings is 1. The highest BCUT2D eigenvalue weighted by Crippen LogP contribution is 2.23. The van der Waals surface area contributed by atoms with Crippen LogP contribution in [0.25, 0.3) is 0 Å². The molecule has 1 aromatic rings. The molecule has 0 heterocycles. The van der Waals surface area contributed by atoms with Gasteiger partial charge in [0.05, 0.1) is 0 Å². The molecule has 0 unspecified atom stereocenters. The first-order chi connectivity index (χ1) is 13.2. The molecule has 0 spiro atoms. The van der Waals surface area contributed by atoms with Crippen molar-refractivity contribution in [2.24, 2.45) is 0 Å². The van der Waals surface area contributed by atoms with E-state index in [2.05, 4.69) is 31.2 Å². The van der Waals surface area contributed by atoms with Gasteiger partial charge >= 0.3 is 5.97 Å². The van der Waals surface area contributed by atoms with Crippen LogP contribution >= 0.6 is 0 Å². The number of aryl methyl sites for hydroxylation is 1. The number of rotatable bonds is 15. The molecule has 1 rings (SSSR count). The van der Waals surface area contributed by atoms with Crippen molar-refractivity contribution in [1.82, 2.24) is 0 Å². The molecule has 1 aromatic carbocycles. The maximum Gasteiger partial charge on any atom is 0.339 e. The van der Waals surface area contributed by atoms with Gasteiger partial charge in [0.1, 0.15) is 11.3 Å². The molecule has 2 N–H and O–H groups in total. The highest BCUT2D eigenvalue weighted by atomic mass is 16.4. The van der Waals surface area contributed by atoms with E-state index in [1.807, 2.05) is 0 Å². The Hall–Kier alpha value is -2.03. The Kier molecular flexibility index (Phi) is 12.8. The number of aromatic hydroxyl groups is 1. The maximum absolute atomic E-state index is 11.2. The molecule has 0 fully saturated rings. The van der Waals surface area contributed by atoms with Crippen molar-refractivity contribution >= 4 is 5.97 Å². The summed E-state index contributed by atoms with van der Waals surface area (Å²) >= 11 is 0. The Morgan fingerprint density at radius 2 is 1.52 bits per heavy atom. The van der Waals surface area contributed by atoms with E-state index in [4.69, 9.17) is 0 Å². The normalized spacial score (nSPS) is 11.6. The molecule has 0 aliphatic carbocycles. The van der Waals surface area contributed by atoms with Crippen LogP contribution in [0.3, 0.4) is 0 Å². The highest BCUT2D eigenvalue weighted by Gasteiger charge is 2.14. The second-order valence-electron chi connectivity index (χ2n) is 7.10. The maximum atomic E-state index is 11.2. The topological polar surface area (TPSA) is 57.5 Å². The van der Waals surface area contributed by atoms with Crippen LogP contribution in [0.15, 0.2) is 42.5 Å². The summed E-state index contributed by atoms with van der Waals surface area (Å²) in [7, 11) is 0. The Bertz CT molecular complexity index is 587. The lowest BCUT2D eigenvalue weighted by molar-refractivity contribution is 0.0692. The summed E-state index contributed by atoms with van der Waals surface area (Å²) in [5.41, 5.74) is 0.787. The van der Waals surface area contributed by atoms with Crippen LogP contribution in [0.4, 0.5) is 0 Å². The summed E-state index contributed by atoms with van der Waals surface area (Å²) in [6, 6.07) is 4.94. The van der Waals surface area contributed by atoms with Gasteiger partial charge in [-0.3, -0.25) is 0 Å². The first kappa shape index (κ1) is 23.0. The number of allylic oxidation sites excluding steroid dienone is 4. The van der Waals surface area contributed by atoms with Crippen molar-refractivity contribution in [1.29, 1.82) is 0 Å². The third kappa shape index (κ3) is 10.6. The van der Waals surface area contributed by atoms with Crippen molar-refractivity contribution in [3.05, 3.63) is 53.6 Å². The number of phenols is 1. The number of hydrogen-bond acceptors (Lipinski definition) is 2. The second kappa shape index (κ2) is 15.1. The quantitative estimate of drug-likeness (QED) is 0.256. The number of hydrogen-bond donors (Lipinski definition) is 2. The van der Waals surface area contributed by atoms with Crippen molar-refractivity contribution in [2.45, 2.75) is 84.0 Å². The van der Waals surface area contributed by atoms with Crippen LogP contribution in [0, 0.1) is 0 Å². The van der Waals surface area contributed by atoms with Crippen LogP contribution in [0.1, 0.15) is 93.5 Å². The summed E-state index contributed by atoms with van der Waals surface area (Å²) in [5.74, 6) is -1.19. The molecule has 0 radical (unpaired) electrons. The summed E-state index contributed by atoms with van der Waals surface area (Å²) in [6.07, 6.45) is 22.8. The van der Waals surface area contributed by atoms with Crippen LogP contribution in [0.2, 0.25) is 0 Å². The zero-order valence-corrected chi connectivity index (χ0v) is 16.8. The molecule has 0 saturated heterocycles. The van der Waals surface area contributed by atoms with Crippen LogP contribution in [-0.2, 0) is 6.42 Å². The zero-order chi connectivity index (χ0) is 19.7. The molecule has 3 heteroatoms. The van der Waals surface area contributed by atoms with Gasteiger partial charge in [0.15, 0.2) is 0 Å². The zero-order valence-electron chi connectivity index (χ0n) is 16.8. The standard InChI is InChI=1S/C24H36O3/c1-2-3-4-5-6-7-8-9-10-11-12-13-14-15-16-18-21-19-17-20-22(25)23(21)24(26)27/h6-7,9-10,17,19-20,25H,2-5,8,11-16,18H2,1H3,(H,26,27)/b7-6?,10-9-. The number of carbonyl (C=O) groups is 1. The minimum absolute atomic E-state index is 0.0575. The average Bonchev–Trinajstić information content (AvgIpc) is 2.64. The fourth-order valence-electron chi connectivity index (χ4n) is 3.17. The predicted molar refractivity (Wildman–Crippen MR) is 114 cm³/mol. The average molecular weight is 373 g/mol. The monoisotopic (exact) mass is 372 g/mol. The first-order valence-electron chi connectivity index (χ1n) is 10.5. The number of carboxylic acids is 1. The van der Waals surface area contributed by atoms with Crippen molar-refractivity contribution < 1.29 is 15.0 Å². The molecule has 27 heavy (non-hydrogen) atoms. The van der Waals surface area contributed by atoms with Gasteiger partial charge in [0.2, 0.25) is 0 Å². The predicted octanol–water partition coefficient (Wildman–Crippen LogP) is 7.06. The van der Waals surface area contributed by atoms with E-state index in [0.29, 0.717) is 6.42 Å². The van der Waals surface area contributed by atoms with E-state index in [1.54, 1.807) is 12.1 Å². The molecule has 0 atom stereocenters. The molecule has 3 nitrogen and oxygen atoms in total. The summed E-state index contributed by atoms with van der Waals surface area (Å²) < 4.78 is 0. The minimum Gasteiger partial charge on any atom is -0.507 e. The molecule has 0 bridgehead atoms. The summed E-state index contributed by atoms with van der Waals surface area (Å²) in [6.45, 7) is 2.23. The molecule has 0 amide bonds.